The summed E-state index contributed by atoms with van der Waals surface area (Å²) in [7, 11) is 0. The molecule has 1 saturated carbocycles. The molecule has 1 aliphatic carbocycles. The number of nitrogens with zero attached hydrogens (tertiary/aromatic N) is 1. The number of hydrogen-bond donors (Lipinski definition) is 1. The Kier molecular flexibility index (Phi) is 3.39. The molecule has 1 aromatic heterocycles. The average molecular weight is 264 g/mol. The number of carbonyl (C=O) groups is 1. The molecule has 0 spiro atoms. The van der Waals surface area contributed by atoms with Crippen LogP contribution in [0.5, 0.6) is 0 Å². The van der Waals surface area contributed by atoms with Crippen LogP contribution >= 0.6 is 11.3 Å². The molecule has 3 nitrogen and oxygen atoms in total. The lowest BCUT2D eigenvalue weighted by Gasteiger charge is -2.27. The zero-order valence-electron chi connectivity index (χ0n) is 10.8. The summed E-state index contributed by atoms with van der Waals surface area (Å²) in [4.78, 5) is 16.0. The van der Waals surface area contributed by atoms with Gasteiger partial charge in [-0.2, -0.15) is 0 Å². The molecule has 98 valence electrons. The highest BCUT2D eigenvalue weighted by atomic mass is 32.1. The normalized spacial score (nSPS) is 27.4. The Morgan fingerprint density at radius 2 is 2.33 bits per heavy atom. The van der Waals surface area contributed by atoms with Crippen LogP contribution in [0.15, 0.2) is 17.5 Å². The Labute approximate surface area is 112 Å². The summed E-state index contributed by atoms with van der Waals surface area (Å²) >= 11 is 1.74. The molecule has 0 aromatic carbocycles. The molecule has 2 heterocycles. The summed E-state index contributed by atoms with van der Waals surface area (Å²) in [5, 5.41) is 5.45. The van der Waals surface area contributed by atoms with Gasteiger partial charge in [-0.1, -0.05) is 13.0 Å². The fraction of sp³-hybridized carbons (Fsp3) is 0.643. The summed E-state index contributed by atoms with van der Waals surface area (Å²) in [5.41, 5.74) is 0. The largest absolute Gasteiger partial charge is 0.333 e. The monoisotopic (exact) mass is 264 g/mol. The van der Waals surface area contributed by atoms with Crippen molar-refractivity contribution in [1.29, 1.82) is 0 Å². The fourth-order valence-electron chi connectivity index (χ4n) is 2.69. The summed E-state index contributed by atoms with van der Waals surface area (Å²) < 4.78 is 0. The zero-order valence-corrected chi connectivity index (χ0v) is 11.6. The first kappa shape index (κ1) is 12.2. The zero-order chi connectivity index (χ0) is 12.5. The minimum atomic E-state index is 0.0468. The van der Waals surface area contributed by atoms with Crippen LogP contribution in [0.4, 0.5) is 0 Å². The van der Waals surface area contributed by atoms with E-state index < -0.39 is 0 Å². The highest BCUT2D eigenvalue weighted by Gasteiger charge is 2.39. The molecule has 1 aliphatic heterocycles. The van der Waals surface area contributed by atoms with Crippen LogP contribution in [-0.4, -0.2) is 29.4 Å². The fourth-order valence-corrected chi connectivity index (χ4v) is 3.39. The maximum atomic E-state index is 12.6. The van der Waals surface area contributed by atoms with Crippen molar-refractivity contribution in [3.8, 4) is 0 Å². The summed E-state index contributed by atoms with van der Waals surface area (Å²) in [6, 6.07) is 4.73. The van der Waals surface area contributed by atoms with Gasteiger partial charge in [0.1, 0.15) is 0 Å². The molecular weight excluding hydrogens is 244 g/mol. The van der Waals surface area contributed by atoms with Crippen molar-refractivity contribution < 1.29 is 4.79 Å². The smallest absolute Gasteiger partial charge is 0.240 e. The van der Waals surface area contributed by atoms with Gasteiger partial charge in [0.25, 0.3) is 0 Å². The van der Waals surface area contributed by atoms with Crippen LogP contribution in [0.2, 0.25) is 0 Å². The van der Waals surface area contributed by atoms with E-state index in [4.69, 9.17) is 0 Å². The maximum Gasteiger partial charge on any atom is 0.240 e. The molecule has 2 aliphatic rings. The first-order valence-electron chi connectivity index (χ1n) is 6.82. The highest BCUT2D eigenvalue weighted by Crippen LogP contribution is 2.31. The number of amides is 1. The standard InChI is InChI=1S/C14H20N2OS/c1-10-6-7-15-13(10)14(17)16(11-4-5-11)9-12-3-2-8-18-12/h2-3,8,10-11,13,15H,4-7,9H2,1H3. The molecule has 2 unspecified atom stereocenters. The van der Waals surface area contributed by atoms with E-state index in [0.29, 0.717) is 17.9 Å². The van der Waals surface area contributed by atoms with E-state index in [2.05, 4.69) is 34.7 Å². The van der Waals surface area contributed by atoms with Crippen molar-refractivity contribution in [2.75, 3.05) is 6.54 Å². The highest BCUT2D eigenvalue weighted by molar-refractivity contribution is 7.09. The van der Waals surface area contributed by atoms with Gasteiger partial charge < -0.3 is 10.2 Å². The SMILES string of the molecule is CC1CCNC1C(=O)N(Cc1cccs1)C1CC1. The minimum absolute atomic E-state index is 0.0468. The lowest BCUT2D eigenvalue weighted by molar-refractivity contribution is -0.135. The molecule has 2 atom stereocenters. The van der Waals surface area contributed by atoms with Crippen molar-refractivity contribution in [3.05, 3.63) is 22.4 Å². The van der Waals surface area contributed by atoms with E-state index in [-0.39, 0.29) is 6.04 Å². The first-order chi connectivity index (χ1) is 8.75. The second kappa shape index (κ2) is 5.02. The van der Waals surface area contributed by atoms with Crippen molar-refractivity contribution in [1.82, 2.24) is 10.2 Å². The minimum Gasteiger partial charge on any atom is -0.333 e. The van der Waals surface area contributed by atoms with Gasteiger partial charge in [0.2, 0.25) is 5.91 Å². The Bertz CT molecular complexity index is 413. The van der Waals surface area contributed by atoms with E-state index in [1.807, 2.05) is 0 Å². The van der Waals surface area contributed by atoms with Crippen molar-refractivity contribution in [2.45, 2.75) is 44.8 Å². The topological polar surface area (TPSA) is 32.3 Å². The van der Waals surface area contributed by atoms with Gasteiger partial charge in [0, 0.05) is 10.9 Å². The molecule has 18 heavy (non-hydrogen) atoms. The van der Waals surface area contributed by atoms with Crippen LogP contribution in [0.1, 0.15) is 31.1 Å². The second-order valence-corrected chi connectivity index (χ2v) is 6.51. The number of hydrogen-bond acceptors (Lipinski definition) is 3. The third-order valence-electron chi connectivity index (χ3n) is 3.98. The van der Waals surface area contributed by atoms with Gasteiger partial charge in [-0.25, -0.2) is 0 Å². The third kappa shape index (κ3) is 2.45. The molecule has 0 radical (unpaired) electrons. The van der Waals surface area contributed by atoms with Gasteiger partial charge in [0.15, 0.2) is 0 Å². The number of thiophene rings is 1. The van der Waals surface area contributed by atoms with Crippen LogP contribution < -0.4 is 5.32 Å². The number of rotatable bonds is 4. The van der Waals surface area contributed by atoms with Crippen molar-refractivity contribution in [2.24, 2.45) is 5.92 Å². The van der Waals surface area contributed by atoms with Gasteiger partial charge >= 0.3 is 0 Å². The van der Waals surface area contributed by atoms with Gasteiger partial charge in [0.05, 0.1) is 12.6 Å². The maximum absolute atomic E-state index is 12.6. The van der Waals surface area contributed by atoms with E-state index in [9.17, 15) is 4.79 Å². The van der Waals surface area contributed by atoms with Gasteiger partial charge in [-0.05, 0) is 43.2 Å². The summed E-state index contributed by atoms with van der Waals surface area (Å²) in [5.74, 6) is 0.790. The molecular formula is C14H20N2OS. The van der Waals surface area contributed by atoms with Crippen LogP contribution in [0, 0.1) is 5.92 Å². The van der Waals surface area contributed by atoms with Gasteiger partial charge in [-0.3, -0.25) is 4.79 Å². The Balaban J connectivity index is 1.71. The molecule has 3 rings (SSSR count). The average Bonchev–Trinajstić information content (AvgIpc) is 2.89. The summed E-state index contributed by atoms with van der Waals surface area (Å²) in [6.07, 6.45) is 3.48. The molecule has 0 bridgehead atoms. The predicted octanol–water partition coefficient (Wildman–Crippen LogP) is 2.24. The Morgan fingerprint density at radius 1 is 1.50 bits per heavy atom. The Morgan fingerprint density at radius 3 is 2.89 bits per heavy atom. The van der Waals surface area contributed by atoms with Gasteiger partial charge in [-0.15, -0.1) is 11.3 Å². The van der Waals surface area contributed by atoms with Crippen molar-refractivity contribution in [3.63, 3.8) is 0 Å². The second-order valence-electron chi connectivity index (χ2n) is 5.47. The Hall–Kier alpha value is -0.870. The molecule has 1 N–H and O–H groups in total. The van der Waals surface area contributed by atoms with E-state index in [1.165, 1.54) is 17.7 Å². The molecule has 1 saturated heterocycles. The lowest BCUT2D eigenvalue weighted by Crippen LogP contribution is -2.46. The van der Waals surface area contributed by atoms with E-state index in [1.54, 1.807) is 11.3 Å². The third-order valence-corrected chi connectivity index (χ3v) is 4.84. The lowest BCUT2D eigenvalue weighted by atomic mass is 10.0. The predicted molar refractivity (Wildman–Crippen MR) is 73.5 cm³/mol. The van der Waals surface area contributed by atoms with Crippen LogP contribution in [-0.2, 0) is 11.3 Å². The molecule has 4 heteroatoms. The molecule has 2 fully saturated rings. The molecule has 1 aromatic rings. The number of nitrogens with one attached hydrogen (secondary N) is 1. The number of carbonyl (C=O) groups excluding carboxylic acids is 1. The quantitative estimate of drug-likeness (QED) is 0.904. The molecule has 1 amide bonds. The van der Waals surface area contributed by atoms with E-state index in [0.717, 1.165) is 19.5 Å². The first-order valence-corrected chi connectivity index (χ1v) is 7.70. The van der Waals surface area contributed by atoms with Crippen LogP contribution in [0.25, 0.3) is 0 Å². The van der Waals surface area contributed by atoms with E-state index >= 15 is 0 Å². The summed E-state index contributed by atoms with van der Waals surface area (Å²) in [6.45, 7) is 3.96. The van der Waals surface area contributed by atoms with Crippen LogP contribution in [0.3, 0.4) is 0 Å². The van der Waals surface area contributed by atoms with Crippen molar-refractivity contribution >= 4 is 17.2 Å².